The zero-order valence-corrected chi connectivity index (χ0v) is 36.0. The maximum Gasteiger partial charge on any atom is 0.0755 e. The number of fused-ring (bicyclic) bond motifs is 12. The average Bonchev–Trinajstić information content (AvgIpc) is 3.89. The van der Waals surface area contributed by atoms with Crippen LogP contribution in [0.25, 0.3) is 48.0 Å². The van der Waals surface area contributed by atoms with Gasteiger partial charge in [0.2, 0.25) is 0 Å². The Kier molecular flexibility index (Phi) is 8.47. The van der Waals surface area contributed by atoms with Crippen molar-refractivity contribution in [2.75, 3.05) is 9.80 Å². The summed E-state index contributed by atoms with van der Waals surface area (Å²) in [7, 11) is 0. The van der Waals surface area contributed by atoms with Gasteiger partial charge >= 0.3 is 0 Å². The Morgan fingerprint density at radius 1 is 0.438 bits per heavy atom. The van der Waals surface area contributed by atoms with Crippen LogP contribution in [0, 0.1) is 0 Å². The molecule has 0 unspecified atom stereocenters. The summed E-state index contributed by atoms with van der Waals surface area (Å²) >= 11 is 1.88. The molecule has 0 atom stereocenters. The molecular formula is C61H42N2S. The van der Waals surface area contributed by atoms with E-state index in [1.54, 1.807) is 0 Å². The van der Waals surface area contributed by atoms with Gasteiger partial charge in [-0.1, -0.05) is 164 Å². The zero-order chi connectivity index (χ0) is 42.2. The van der Waals surface area contributed by atoms with Crippen molar-refractivity contribution in [1.82, 2.24) is 0 Å². The molecule has 9 aromatic carbocycles. The van der Waals surface area contributed by atoms with Gasteiger partial charge < -0.3 is 9.80 Å². The van der Waals surface area contributed by atoms with E-state index in [2.05, 4.69) is 240 Å². The highest BCUT2D eigenvalue weighted by molar-refractivity contribution is 7.25. The van der Waals surface area contributed by atoms with Crippen LogP contribution in [-0.4, -0.2) is 0 Å². The topological polar surface area (TPSA) is 6.48 Å². The van der Waals surface area contributed by atoms with Gasteiger partial charge in [-0.3, -0.25) is 0 Å². The van der Waals surface area contributed by atoms with Crippen LogP contribution >= 0.6 is 11.3 Å². The maximum absolute atomic E-state index is 2.56. The molecule has 10 aromatic rings. The SMILES string of the molecule is C1=C(c2ccc3sc4ccccc4c3c2)CCC(N(c2ccc(-c3ccccc3)cc2)c2cccc3c2-c2ccccc2C32c3ccccc3N(c3ccccc3)c3ccccc32)=C1. The number of thiophene rings is 1. The minimum atomic E-state index is -0.540. The molecule has 2 aliphatic carbocycles. The zero-order valence-electron chi connectivity index (χ0n) is 35.2. The molecular weight excluding hydrogens is 793 g/mol. The van der Waals surface area contributed by atoms with Crippen LogP contribution in [-0.2, 0) is 5.41 Å². The minimum Gasteiger partial charge on any atom is -0.314 e. The molecule has 1 aliphatic heterocycles. The lowest BCUT2D eigenvalue weighted by molar-refractivity contribution is 0.752. The summed E-state index contributed by atoms with van der Waals surface area (Å²) in [4.78, 5) is 5.01. The highest BCUT2D eigenvalue weighted by Crippen LogP contribution is 2.65. The molecule has 0 fully saturated rings. The third kappa shape index (κ3) is 5.51. The first-order valence-electron chi connectivity index (χ1n) is 22.3. The first kappa shape index (κ1) is 36.9. The number of nitrogens with zero attached hydrogens (tertiary/aromatic N) is 2. The molecule has 1 aromatic heterocycles. The molecule has 2 heterocycles. The van der Waals surface area contributed by atoms with Crippen LogP contribution < -0.4 is 9.80 Å². The van der Waals surface area contributed by atoms with E-state index in [4.69, 9.17) is 0 Å². The number of allylic oxidation sites excluding steroid dienone is 4. The number of rotatable bonds is 6. The van der Waals surface area contributed by atoms with Crippen LogP contribution in [0.3, 0.4) is 0 Å². The second kappa shape index (κ2) is 14.7. The van der Waals surface area contributed by atoms with Gasteiger partial charge in [0.25, 0.3) is 0 Å². The number of para-hydroxylation sites is 3. The monoisotopic (exact) mass is 834 g/mol. The lowest BCUT2D eigenvalue weighted by atomic mass is 9.64. The van der Waals surface area contributed by atoms with Crippen molar-refractivity contribution in [1.29, 1.82) is 0 Å². The van der Waals surface area contributed by atoms with Gasteiger partial charge in [0.15, 0.2) is 0 Å². The van der Waals surface area contributed by atoms with E-state index >= 15 is 0 Å². The molecule has 3 aliphatic rings. The molecule has 3 heteroatoms. The molecule has 0 saturated carbocycles. The number of hydrogen-bond acceptors (Lipinski definition) is 3. The second-order valence-electron chi connectivity index (χ2n) is 17.1. The van der Waals surface area contributed by atoms with Gasteiger partial charge in [0, 0.05) is 42.8 Å². The van der Waals surface area contributed by atoms with E-state index < -0.39 is 5.41 Å². The summed E-state index contributed by atoms with van der Waals surface area (Å²) in [6, 6.07) is 81.0. The lowest BCUT2D eigenvalue weighted by Crippen LogP contribution is -2.36. The summed E-state index contributed by atoms with van der Waals surface area (Å²) < 4.78 is 2.69. The molecule has 64 heavy (non-hydrogen) atoms. The van der Waals surface area contributed by atoms with Crippen molar-refractivity contribution in [3.8, 4) is 22.3 Å². The maximum atomic E-state index is 2.56. The van der Waals surface area contributed by atoms with Crippen molar-refractivity contribution in [2.45, 2.75) is 18.3 Å². The highest BCUT2D eigenvalue weighted by atomic mass is 32.1. The number of anilines is 5. The van der Waals surface area contributed by atoms with Crippen LogP contribution in [0.5, 0.6) is 0 Å². The molecule has 302 valence electrons. The fourth-order valence-electron chi connectivity index (χ4n) is 11.0. The standard InChI is InChI=1S/C61H42N2S/c1-3-16-41(17-4-1)42-30-35-46(36-31-42)62(47-37-32-43(33-38-47)44-34-39-59-50(40-44)48-20-8-14-29-58(48)64-59)57-28-15-25-54-60(57)49-21-7-9-22-51(49)61(54)52-23-10-12-26-55(52)63(45-18-5-2-6-19-45)56-27-13-11-24-53(56)61/h1-32,34-37,39-40H,33,38H2. The Labute approximate surface area is 378 Å². The Morgan fingerprint density at radius 2 is 1.05 bits per heavy atom. The van der Waals surface area contributed by atoms with Gasteiger partial charge in [0.05, 0.1) is 22.5 Å². The molecule has 0 radical (unpaired) electrons. The number of benzene rings is 9. The third-order valence-electron chi connectivity index (χ3n) is 13.8. The molecule has 13 rings (SSSR count). The van der Waals surface area contributed by atoms with Crippen molar-refractivity contribution in [2.24, 2.45) is 0 Å². The Balaban J connectivity index is 1.02. The van der Waals surface area contributed by atoms with Crippen LogP contribution in [0.1, 0.15) is 40.7 Å². The quantitative estimate of drug-likeness (QED) is 0.165. The predicted molar refractivity (Wildman–Crippen MR) is 271 cm³/mol. The summed E-state index contributed by atoms with van der Waals surface area (Å²) in [6.45, 7) is 0. The molecule has 0 amide bonds. The largest absolute Gasteiger partial charge is 0.314 e. The van der Waals surface area contributed by atoms with Crippen LogP contribution in [0.4, 0.5) is 28.4 Å². The van der Waals surface area contributed by atoms with Gasteiger partial charge in [-0.2, -0.15) is 0 Å². The summed E-state index contributed by atoms with van der Waals surface area (Å²) in [5, 5.41) is 2.69. The highest BCUT2D eigenvalue weighted by Gasteiger charge is 2.52. The fraction of sp³-hybridized carbons (Fsp3) is 0.0492. The minimum absolute atomic E-state index is 0.540. The van der Waals surface area contributed by atoms with E-state index in [-0.39, 0.29) is 0 Å². The van der Waals surface area contributed by atoms with Gasteiger partial charge in [-0.25, -0.2) is 0 Å². The normalized spacial score (nSPS) is 14.4. The van der Waals surface area contributed by atoms with E-state index in [0.29, 0.717) is 0 Å². The summed E-state index contributed by atoms with van der Waals surface area (Å²) in [6.07, 6.45) is 6.62. The second-order valence-corrected chi connectivity index (χ2v) is 18.2. The van der Waals surface area contributed by atoms with E-state index in [9.17, 15) is 0 Å². The van der Waals surface area contributed by atoms with Crippen LogP contribution in [0.2, 0.25) is 0 Å². The average molecular weight is 835 g/mol. The smallest absolute Gasteiger partial charge is 0.0755 e. The molecule has 0 N–H and O–H groups in total. The third-order valence-corrected chi connectivity index (χ3v) is 14.9. The van der Waals surface area contributed by atoms with Crippen molar-refractivity contribution >= 4 is 65.5 Å². The Hall–Kier alpha value is -7.72. The van der Waals surface area contributed by atoms with Crippen molar-refractivity contribution in [3.05, 3.63) is 264 Å². The molecule has 0 bridgehead atoms. The fourth-order valence-corrected chi connectivity index (χ4v) is 12.1. The molecule has 1 spiro atoms. The van der Waals surface area contributed by atoms with Crippen molar-refractivity contribution < 1.29 is 0 Å². The van der Waals surface area contributed by atoms with Crippen LogP contribution in [0.15, 0.2) is 236 Å². The molecule has 2 nitrogen and oxygen atoms in total. The van der Waals surface area contributed by atoms with E-state index in [1.807, 2.05) is 11.3 Å². The lowest BCUT2D eigenvalue weighted by Gasteiger charge is -2.45. The summed E-state index contributed by atoms with van der Waals surface area (Å²) in [5.74, 6) is 0. The number of hydrogen-bond donors (Lipinski definition) is 0. The van der Waals surface area contributed by atoms with Gasteiger partial charge in [0.1, 0.15) is 0 Å². The van der Waals surface area contributed by atoms with Gasteiger partial charge in [-0.15, -0.1) is 11.3 Å². The van der Waals surface area contributed by atoms with E-state index in [0.717, 1.165) is 24.2 Å². The predicted octanol–water partition coefficient (Wildman–Crippen LogP) is 16.8. The molecule has 0 saturated heterocycles. The van der Waals surface area contributed by atoms with Gasteiger partial charge in [-0.05, 0) is 130 Å². The summed E-state index contributed by atoms with van der Waals surface area (Å²) in [5.41, 5.74) is 19.5. The first-order valence-corrected chi connectivity index (χ1v) is 23.1. The first-order chi connectivity index (χ1) is 31.8. The Morgan fingerprint density at radius 3 is 1.80 bits per heavy atom. The Bertz CT molecular complexity index is 3460. The van der Waals surface area contributed by atoms with E-state index in [1.165, 1.54) is 98.6 Å². The van der Waals surface area contributed by atoms with Crippen molar-refractivity contribution in [3.63, 3.8) is 0 Å².